The molecule has 1 aliphatic rings. The molecule has 4 nitrogen and oxygen atoms in total. The van der Waals surface area contributed by atoms with Gasteiger partial charge in [-0.05, 0) is 52.5 Å². The Morgan fingerprint density at radius 1 is 1.41 bits per heavy atom. The first kappa shape index (κ1) is 14.3. The number of amides is 1. The van der Waals surface area contributed by atoms with Crippen LogP contribution >= 0.6 is 0 Å². The van der Waals surface area contributed by atoms with Gasteiger partial charge in [-0.1, -0.05) is 6.92 Å². The Kier molecular flexibility index (Phi) is 5.25. The van der Waals surface area contributed by atoms with Crippen LogP contribution < -0.4 is 10.6 Å². The Bertz CT molecular complexity index is 244. The Labute approximate surface area is 104 Å². The monoisotopic (exact) mass is 242 g/mol. The molecular weight excluding hydrogens is 216 g/mol. The van der Waals surface area contributed by atoms with Crippen molar-refractivity contribution in [3.05, 3.63) is 0 Å². The molecule has 17 heavy (non-hydrogen) atoms. The van der Waals surface area contributed by atoms with E-state index >= 15 is 0 Å². The van der Waals surface area contributed by atoms with E-state index in [1.165, 1.54) is 12.8 Å². The minimum Gasteiger partial charge on any atom is -0.444 e. The first-order valence-corrected chi connectivity index (χ1v) is 6.62. The quantitative estimate of drug-likeness (QED) is 0.703. The lowest BCUT2D eigenvalue weighted by Crippen LogP contribution is -2.45. The smallest absolute Gasteiger partial charge is 0.407 e. The van der Waals surface area contributed by atoms with E-state index in [1.807, 2.05) is 20.8 Å². The van der Waals surface area contributed by atoms with E-state index in [1.54, 1.807) is 0 Å². The first-order valence-electron chi connectivity index (χ1n) is 6.62. The van der Waals surface area contributed by atoms with Crippen LogP contribution in [0.25, 0.3) is 0 Å². The van der Waals surface area contributed by atoms with Crippen LogP contribution in [0.4, 0.5) is 4.79 Å². The molecule has 1 unspecified atom stereocenters. The number of hydrogen-bond donors (Lipinski definition) is 2. The standard InChI is InChI=1S/C13H26N2O2/c1-5-8-14-9-11(10-6-7-10)15-12(16)17-13(2,3)4/h10-11,14H,5-9H2,1-4H3,(H,15,16). The zero-order valence-corrected chi connectivity index (χ0v) is 11.5. The molecular formula is C13H26N2O2. The van der Waals surface area contributed by atoms with Crippen molar-refractivity contribution in [1.82, 2.24) is 10.6 Å². The van der Waals surface area contributed by atoms with Crippen LogP contribution in [-0.4, -0.2) is 30.8 Å². The Hall–Kier alpha value is -0.770. The average Bonchev–Trinajstić information content (AvgIpc) is 2.96. The van der Waals surface area contributed by atoms with Crippen molar-refractivity contribution in [2.24, 2.45) is 5.92 Å². The van der Waals surface area contributed by atoms with Gasteiger partial charge < -0.3 is 15.4 Å². The van der Waals surface area contributed by atoms with Gasteiger partial charge in [-0.2, -0.15) is 0 Å². The van der Waals surface area contributed by atoms with Gasteiger partial charge in [0.15, 0.2) is 0 Å². The second kappa shape index (κ2) is 6.24. The zero-order chi connectivity index (χ0) is 12.9. The van der Waals surface area contributed by atoms with E-state index in [4.69, 9.17) is 4.74 Å². The molecule has 2 N–H and O–H groups in total. The van der Waals surface area contributed by atoms with Crippen molar-refractivity contribution in [3.63, 3.8) is 0 Å². The van der Waals surface area contributed by atoms with Crippen molar-refractivity contribution in [2.45, 2.75) is 58.6 Å². The number of alkyl carbamates (subject to hydrolysis) is 1. The summed E-state index contributed by atoms with van der Waals surface area (Å²) >= 11 is 0. The molecule has 0 heterocycles. The molecule has 1 atom stereocenters. The molecule has 0 aliphatic heterocycles. The van der Waals surface area contributed by atoms with Crippen molar-refractivity contribution < 1.29 is 9.53 Å². The topological polar surface area (TPSA) is 50.4 Å². The van der Waals surface area contributed by atoms with Gasteiger partial charge in [0, 0.05) is 12.6 Å². The molecule has 1 aliphatic carbocycles. The number of nitrogens with one attached hydrogen (secondary N) is 2. The van der Waals surface area contributed by atoms with E-state index in [-0.39, 0.29) is 12.1 Å². The minimum absolute atomic E-state index is 0.219. The normalized spacial score (nSPS) is 17.6. The molecule has 4 heteroatoms. The summed E-state index contributed by atoms with van der Waals surface area (Å²) in [4.78, 5) is 11.7. The number of carbonyl (C=O) groups is 1. The summed E-state index contributed by atoms with van der Waals surface area (Å²) in [5.41, 5.74) is -0.422. The van der Waals surface area contributed by atoms with Crippen LogP contribution in [0.15, 0.2) is 0 Å². The predicted octanol–water partition coefficient (Wildman–Crippen LogP) is 2.29. The molecule has 1 amide bonds. The molecule has 0 spiro atoms. The second-order valence-corrected chi connectivity index (χ2v) is 5.79. The fraction of sp³-hybridized carbons (Fsp3) is 0.923. The summed E-state index contributed by atoms with van der Waals surface area (Å²) in [6.07, 6.45) is 3.25. The summed E-state index contributed by atoms with van der Waals surface area (Å²) in [5, 5.41) is 6.33. The van der Waals surface area contributed by atoms with E-state index < -0.39 is 5.60 Å². The molecule has 0 radical (unpaired) electrons. The number of ether oxygens (including phenoxy) is 1. The van der Waals surface area contributed by atoms with Gasteiger partial charge >= 0.3 is 6.09 Å². The third-order valence-electron chi connectivity index (χ3n) is 2.68. The van der Waals surface area contributed by atoms with Crippen molar-refractivity contribution >= 4 is 6.09 Å². The average molecular weight is 242 g/mol. The van der Waals surface area contributed by atoms with Gasteiger partial charge in [0.2, 0.25) is 0 Å². The molecule has 0 saturated heterocycles. The largest absolute Gasteiger partial charge is 0.444 e. The van der Waals surface area contributed by atoms with Gasteiger partial charge in [-0.15, -0.1) is 0 Å². The van der Waals surface area contributed by atoms with Crippen molar-refractivity contribution in [3.8, 4) is 0 Å². The highest BCUT2D eigenvalue weighted by Crippen LogP contribution is 2.32. The van der Waals surface area contributed by atoms with Gasteiger partial charge in [0.25, 0.3) is 0 Å². The molecule has 1 rings (SSSR count). The molecule has 1 saturated carbocycles. The number of carbonyl (C=O) groups excluding carboxylic acids is 1. The molecule has 0 aromatic rings. The maximum atomic E-state index is 11.7. The van der Waals surface area contributed by atoms with Gasteiger partial charge in [-0.25, -0.2) is 4.79 Å². The minimum atomic E-state index is -0.422. The fourth-order valence-electron chi connectivity index (χ4n) is 1.73. The zero-order valence-electron chi connectivity index (χ0n) is 11.5. The molecule has 0 aromatic carbocycles. The van der Waals surface area contributed by atoms with Crippen LogP contribution in [0.2, 0.25) is 0 Å². The first-order chi connectivity index (χ1) is 7.92. The summed E-state index contributed by atoms with van der Waals surface area (Å²) in [5.74, 6) is 0.631. The Morgan fingerprint density at radius 2 is 2.06 bits per heavy atom. The highest BCUT2D eigenvalue weighted by molar-refractivity contribution is 5.68. The third kappa shape index (κ3) is 6.51. The van der Waals surface area contributed by atoms with E-state index in [2.05, 4.69) is 17.6 Å². The summed E-state index contributed by atoms with van der Waals surface area (Å²) in [6, 6.07) is 0.219. The van der Waals surface area contributed by atoms with Crippen molar-refractivity contribution in [2.75, 3.05) is 13.1 Å². The fourth-order valence-corrected chi connectivity index (χ4v) is 1.73. The number of hydrogen-bond acceptors (Lipinski definition) is 3. The molecule has 0 bridgehead atoms. The maximum Gasteiger partial charge on any atom is 0.407 e. The molecule has 100 valence electrons. The van der Waals surface area contributed by atoms with Crippen LogP contribution in [0.1, 0.15) is 47.0 Å². The lowest BCUT2D eigenvalue weighted by atomic mass is 10.2. The predicted molar refractivity (Wildman–Crippen MR) is 69.0 cm³/mol. The van der Waals surface area contributed by atoms with Crippen LogP contribution in [0.5, 0.6) is 0 Å². The highest BCUT2D eigenvalue weighted by Gasteiger charge is 2.32. The van der Waals surface area contributed by atoms with Crippen LogP contribution in [0.3, 0.4) is 0 Å². The summed E-state index contributed by atoms with van der Waals surface area (Å²) in [7, 11) is 0. The summed E-state index contributed by atoms with van der Waals surface area (Å²) < 4.78 is 5.27. The Balaban J connectivity index is 2.30. The molecule has 1 fully saturated rings. The van der Waals surface area contributed by atoms with Gasteiger partial charge in [-0.3, -0.25) is 0 Å². The lowest BCUT2D eigenvalue weighted by molar-refractivity contribution is 0.0497. The maximum absolute atomic E-state index is 11.7. The van der Waals surface area contributed by atoms with E-state index in [9.17, 15) is 4.79 Å². The van der Waals surface area contributed by atoms with Gasteiger partial charge in [0.05, 0.1) is 0 Å². The lowest BCUT2D eigenvalue weighted by Gasteiger charge is -2.23. The third-order valence-corrected chi connectivity index (χ3v) is 2.68. The van der Waals surface area contributed by atoms with E-state index in [0.717, 1.165) is 19.5 Å². The SMILES string of the molecule is CCCNCC(NC(=O)OC(C)(C)C)C1CC1. The summed E-state index contributed by atoms with van der Waals surface area (Å²) in [6.45, 7) is 9.63. The van der Waals surface area contributed by atoms with Crippen LogP contribution in [0, 0.1) is 5.92 Å². The highest BCUT2D eigenvalue weighted by atomic mass is 16.6. The number of rotatable bonds is 6. The molecule has 0 aromatic heterocycles. The van der Waals surface area contributed by atoms with Gasteiger partial charge in [0.1, 0.15) is 5.60 Å². The van der Waals surface area contributed by atoms with E-state index in [0.29, 0.717) is 5.92 Å². The second-order valence-electron chi connectivity index (χ2n) is 5.79. The van der Waals surface area contributed by atoms with Crippen LogP contribution in [-0.2, 0) is 4.74 Å². The Morgan fingerprint density at radius 3 is 2.53 bits per heavy atom. The van der Waals surface area contributed by atoms with Crippen molar-refractivity contribution in [1.29, 1.82) is 0 Å².